The van der Waals surface area contributed by atoms with E-state index in [1.165, 1.54) is 61.6 Å². The molecule has 69 heavy (non-hydrogen) atoms. The van der Waals surface area contributed by atoms with Crippen LogP contribution < -0.4 is 13.9 Å². The fourth-order valence-corrected chi connectivity index (χ4v) is 10.8. The largest absolute Gasteiger partial charge is 0.509 e. The number of ether oxygens (including phenoxy) is 1. The molecule has 2 atom stereocenters. The second kappa shape index (κ2) is 16.2. The van der Waals surface area contributed by atoms with Crippen molar-refractivity contribution >= 4 is 44.6 Å². The molecule has 0 aliphatic carbocycles. The third kappa shape index (κ3) is 7.52. The Kier molecular flexibility index (Phi) is 11.0. The summed E-state index contributed by atoms with van der Waals surface area (Å²) in [6.07, 6.45) is 1.93. The van der Waals surface area contributed by atoms with Crippen molar-refractivity contribution in [2.45, 2.75) is 99.3 Å². The van der Waals surface area contributed by atoms with Crippen LogP contribution in [0.4, 0.5) is 22.7 Å². The van der Waals surface area contributed by atoms with E-state index in [2.05, 4.69) is 246 Å². The maximum absolute atomic E-state index is 7.05. The zero-order valence-electron chi connectivity index (χ0n) is 41.9. The molecule has 5 nitrogen and oxygen atoms in total. The monoisotopic (exact) mass is 1080 g/mol. The Morgan fingerprint density at radius 3 is 1.96 bits per heavy atom. The molecule has 350 valence electrons. The Morgan fingerprint density at radius 1 is 0.536 bits per heavy atom. The molecule has 6 heteroatoms. The number of hydrogen-bond acceptors (Lipinski definition) is 2. The van der Waals surface area contributed by atoms with E-state index in [4.69, 9.17) is 9.72 Å². The molecule has 11 rings (SSSR count). The number of nitrogens with zero attached hydrogens (tertiary/aromatic N) is 4. The van der Waals surface area contributed by atoms with Crippen molar-refractivity contribution in [1.82, 2.24) is 18.7 Å². The molecular formula is C63H61N4OPt-. The van der Waals surface area contributed by atoms with Crippen LogP contribution in [0, 0.1) is 39.6 Å². The Hall–Kier alpha value is -6.10. The molecule has 2 aliphatic heterocycles. The SMILES string of the molecule is Cc1cc(C)c(-c2ccnc(-n3c4[c-]c(Oc5[c-]c([N+]67[CH-][N@+]6(c6cccc(C(C)(C)C)c6)c6ccc(C(C)(C)C)cc67)cc(C(C)(C)C)c5)ccc4c4cc(-c5ccccc5)ccc43)c2)c(C)c1.[Pt]. The van der Waals surface area contributed by atoms with Crippen LogP contribution in [0.2, 0.25) is 0 Å². The van der Waals surface area contributed by atoms with E-state index in [0.29, 0.717) is 20.7 Å². The number of rotatable bonds is 7. The van der Waals surface area contributed by atoms with Crippen LogP contribution in [0.1, 0.15) is 95.7 Å². The van der Waals surface area contributed by atoms with E-state index >= 15 is 0 Å². The van der Waals surface area contributed by atoms with Gasteiger partial charge in [-0.15, -0.1) is 35.2 Å². The Bertz CT molecular complexity index is 3490. The molecule has 1 unspecified atom stereocenters. The summed E-state index contributed by atoms with van der Waals surface area (Å²) in [4.78, 5) is 5.05. The minimum absolute atomic E-state index is 0. The maximum Gasteiger partial charge on any atom is 0.225 e. The van der Waals surface area contributed by atoms with Gasteiger partial charge in [-0.25, -0.2) is 9.58 Å². The van der Waals surface area contributed by atoms with E-state index in [-0.39, 0.29) is 37.3 Å². The van der Waals surface area contributed by atoms with Crippen LogP contribution in [-0.2, 0) is 37.3 Å². The second-order valence-electron chi connectivity index (χ2n) is 22.4. The van der Waals surface area contributed by atoms with Gasteiger partial charge in [-0.2, -0.15) is 10.7 Å². The van der Waals surface area contributed by atoms with Crippen molar-refractivity contribution < 1.29 is 25.8 Å². The minimum Gasteiger partial charge on any atom is -0.509 e. The molecular weight excluding hydrogens is 1020 g/mol. The number of benzene rings is 7. The van der Waals surface area contributed by atoms with Gasteiger partial charge in [-0.05, 0) is 105 Å². The smallest absolute Gasteiger partial charge is 0.225 e. The van der Waals surface area contributed by atoms with Gasteiger partial charge in [0.05, 0.1) is 5.69 Å². The van der Waals surface area contributed by atoms with Crippen molar-refractivity contribution in [2.75, 3.05) is 0 Å². The predicted molar refractivity (Wildman–Crippen MR) is 284 cm³/mol. The van der Waals surface area contributed by atoms with Crippen molar-refractivity contribution in [2.24, 2.45) is 0 Å². The fourth-order valence-electron chi connectivity index (χ4n) is 10.8. The van der Waals surface area contributed by atoms with Gasteiger partial charge in [-0.1, -0.05) is 152 Å². The number of aryl methyl sites for hydroxylation is 3. The molecule has 4 heterocycles. The van der Waals surface area contributed by atoms with E-state index in [0.717, 1.165) is 44.4 Å². The van der Waals surface area contributed by atoms with Crippen LogP contribution in [0.3, 0.4) is 0 Å². The molecule has 9 aromatic rings. The minimum atomic E-state index is -0.166. The van der Waals surface area contributed by atoms with Gasteiger partial charge in [-0.3, -0.25) is 0 Å². The summed E-state index contributed by atoms with van der Waals surface area (Å²) in [7, 11) is 0. The first-order valence-corrected chi connectivity index (χ1v) is 24.0. The van der Waals surface area contributed by atoms with E-state index in [9.17, 15) is 0 Å². The maximum atomic E-state index is 7.05. The number of pyridine rings is 1. The van der Waals surface area contributed by atoms with E-state index in [1.54, 1.807) is 0 Å². The topological polar surface area (TPSA) is 27.1 Å². The van der Waals surface area contributed by atoms with E-state index in [1.807, 2.05) is 6.20 Å². The first-order chi connectivity index (χ1) is 32.3. The number of hydrogen-bond donors (Lipinski definition) is 0. The molecule has 0 amide bonds. The molecule has 1 fully saturated rings. The predicted octanol–water partition coefficient (Wildman–Crippen LogP) is 17.1. The quantitative estimate of drug-likeness (QED) is 0.0903. The molecule has 2 aromatic heterocycles. The number of aromatic nitrogens is 2. The molecule has 0 N–H and O–H groups in total. The average Bonchev–Trinajstić information content (AvgIpc) is 3.79. The van der Waals surface area contributed by atoms with Gasteiger partial charge >= 0.3 is 0 Å². The van der Waals surface area contributed by atoms with Gasteiger partial charge in [0, 0.05) is 68.5 Å². The second-order valence-corrected chi connectivity index (χ2v) is 22.4. The van der Waals surface area contributed by atoms with Gasteiger partial charge in [0.2, 0.25) is 11.4 Å². The summed E-state index contributed by atoms with van der Waals surface area (Å²) in [5.74, 6) is 2.11. The van der Waals surface area contributed by atoms with Crippen LogP contribution in [0.25, 0.3) is 49.9 Å². The summed E-state index contributed by atoms with van der Waals surface area (Å²) >= 11 is 0. The molecule has 0 radical (unpaired) electrons. The fraction of sp³-hybridized carbons (Fsp3) is 0.238. The summed E-state index contributed by atoms with van der Waals surface area (Å²) in [5.41, 5.74) is 19.0. The Morgan fingerprint density at radius 2 is 1.25 bits per heavy atom. The molecule has 0 saturated carbocycles. The third-order valence-corrected chi connectivity index (χ3v) is 14.4. The van der Waals surface area contributed by atoms with Crippen LogP contribution >= 0.6 is 0 Å². The summed E-state index contributed by atoms with van der Waals surface area (Å²) in [5, 5.41) is 2.21. The average molecular weight is 1090 g/mol. The van der Waals surface area contributed by atoms with Gasteiger partial charge < -0.3 is 9.30 Å². The van der Waals surface area contributed by atoms with Gasteiger partial charge in [0.15, 0.2) is 12.4 Å². The molecule has 0 spiro atoms. The number of fused-ring (bicyclic) bond motifs is 7. The molecule has 7 aromatic carbocycles. The van der Waals surface area contributed by atoms with Crippen molar-refractivity contribution in [3.8, 4) is 39.6 Å². The molecule has 0 bridgehead atoms. The van der Waals surface area contributed by atoms with Crippen molar-refractivity contribution in [3.05, 3.63) is 198 Å². The Labute approximate surface area is 423 Å². The first kappa shape index (κ1) is 46.6. The van der Waals surface area contributed by atoms with Crippen LogP contribution in [-0.4, -0.2) is 9.55 Å². The summed E-state index contributed by atoms with van der Waals surface area (Å²) in [6.45, 7) is 29.6. The van der Waals surface area contributed by atoms with E-state index < -0.39 is 0 Å². The Balaban J connectivity index is 0.00000553. The normalized spacial score (nSPS) is 17.5. The summed E-state index contributed by atoms with van der Waals surface area (Å²) in [6, 6.07) is 58.9. The third-order valence-electron chi connectivity index (χ3n) is 14.4. The molecule has 1 saturated heterocycles. The summed E-state index contributed by atoms with van der Waals surface area (Å²) < 4.78 is 10.4. The number of quaternary nitrogens is 2. The first-order valence-electron chi connectivity index (χ1n) is 24.0. The van der Waals surface area contributed by atoms with Crippen LogP contribution in [0.15, 0.2) is 146 Å². The zero-order chi connectivity index (χ0) is 47.7. The van der Waals surface area contributed by atoms with Gasteiger partial charge in [0.25, 0.3) is 0 Å². The molecule has 2 aliphatic rings. The zero-order valence-corrected chi connectivity index (χ0v) is 44.2. The van der Waals surface area contributed by atoms with Crippen LogP contribution in [0.5, 0.6) is 11.5 Å². The standard InChI is InChI=1S/C63H61N4O.Pt/c1-40-29-41(2)60(42(3)30-40)45-27-28-64-59(32-45)65-55-25-21-44(43-17-14-13-15-18-43)31-54(55)53-24-23-51(38-56(53)65)68-52-35-48(63(10,11)12)34-50(37-52)67-39-66(67,49-20-16-19-46(33-49)61(4,5)6)57-26-22-47(36-58(57)67)62(7,8)9;/h13-36,39H,1-12H3;/q-1;/t66-,67?;/m0./s1. The van der Waals surface area contributed by atoms with Crippen molar-refractivity contribution in [3.63, 3.8) is 0 Å². The van der Waals surface area contributed by atoms with Gasteiger partial charge in [0.1, 0.15) is 5.82 Å². The van der Waals surface area contributed by atoms with Crippen molar-refractivity contribution in [1.29, 1.82) is 0 Å².